The molecule has 0 heterocycles. The third-order valence-corrected chi connectivity index (χ3v) is 3.96. The molecule has 21 heavy (non-hydrogen) atoms. The van der Waals surface area contributed by atoms with Crippen molar-refractivity contribution in [2.45, 2.75) is 13.8 Å². The van der Waals surface area contributed by atoms with Gasteiger partial charge in [-0.25, -0.2) is 0 Å². The largest absolute Gasteiger partial charge is 0.504 e. The molecule has 0 saturated carbocycles. The average molecular weight is 326 g/mol. The van der Waals surface area contributed by atoms with Gasteiger partial charge in [0.05, 0.1) is 0 Å². The summed E-state index contributed by atoms with van der Waals surface area (Å²) in [6.07, 6.45) is 0. The number of phenols is 2. The van der Waals surface area contributed by atoms with Crippen LogP contribution in [0.5, 0.6) is 23.0 Å². The van der Waals surface area contributed by atoms with Gasteiger partial charge in [0.25, 0.3) is 0 Å². The summed E-state index contributed by atoms with van der Waals surface area (Å²) in [4.78, 5) is 10.1. The summed E-state index contributed by atoms with van der Waals surface area (Å²) >= 11 is 4.91. The minimum atomic E-state index is -3.72. The van der Waals surface area contributed by atoms with Crippen molar-refractivity contribution >= 4 is 19.4 Å². The topological polar surface area (TPSA) is 79.2 Å². The summed E-state index contributed by atoms with van der Waals surface area (Å²) in [5.41, 5.74) is 1.66. The van der Waals surface area contributed by atoms with E-state index in [0.717, 1.165) is 11.1 Å². The Labute approximate surface area is 128 Å². The molecule has 0 amide bonds. The molecule has 0 aliphatic heterocycles. The molecule has 0 fully saturated rings. The number of benzene rings is 2. The summed E-state index contributed by atoms with van der Waals surface area (Å²) < 4.78 is 10.4. The van der Waals surface area contributed by atoms with Crippen LogP contribution in [0.15, 0.2) is 36.4 Å². The zero-order chi connectivity index (χ0) is 15.6. The number of hydrogen-bond donors (Lipinski definition) is 3. The van der Waals surface area contributed by atoms with Crippen LogP contribution in [0, 0.1) is 13.8 Å². The van der Waals surface area contributed by atoms with Gasteiger partial charge in [0.1, 0.15) is 0 Å². The highest BCUT2D eigenvalue weighted by Crippen LogP contribution is 2.56. The maximum absolute atomic E-state index is 10.1. The highest BCUT2D eigenvalue weighted by Gasteiger charge is 2.30. The third-order valence-electron chi connectivity index (χ3n) is 2.66. The van der Waals surface area contributed by atoms with Crippen molar-refractivity contribution < 1.29 is 24.2 Å². The lowest BCUT2D eigenvalue weighted by Gasteiger charge is -2.22. The zero-order valence-corrected chi connectivity index (χ0v) is 13.2. The van der Waals surface area contributed by atoms with E-state index in [0.29, 0.717) is 0 Å². The predicted molar refractivity (Wildman–Crippen MR) is 83.4 cm³/mol. The quantitative estimate of drug-likeness (QED) is 0.590. The van der Waals surface area contributed by atoms with E-state index in [9.17, 15) is 15.1 Å². The Bertz CT molecular complexity index is 604. The van der Waals surface area contributed by atoms with Crippen molar-refractivity contribution in [1.82, 2.24) is 0 Å². The molecular formula is C14H15O5PS. The molecule has 0 aliphatic rings. The van der Waals surface area contributed by atoms with Crippen LogP contribution in [0.4, 0.5) is 0 Å². The van der Waals surface area contributed by atoms with Crippen LogP contribution in [-0.4, -0.2) is 15.1 Å². The molecule has 0 unspecified atom stereocenters. The molecule has 0 aromatic heterocycles. The van der Waals surface area contributed by atoms with Crippen LogP contribution in [-0.2, 0) is 12.2 Å². The van der Waals surface area contributed by atoms with Crippen molar-refractivity contribution in [3.63, 3.8) is 0 Å². The van der Waals surface area contributed by atoms with E-state index >= 15 is 0 Å². The predicted octanol–water partition coefficient (Wildman–Crippen LogP) is 3.39. The maximum Gasteiger partial charge on any atom is 0.379 e. The van der Waals surface area contributed by atoms with Gasteiger partial charge in [-0.2, -0.15) is 4.89 Å². The molecule has 0 saturated heterocycles. The van der Waals surface area contributed by atoms with Crippen LogP contribution in [0.3, 0.4) is 0 Å². The van der Waals surface area contributed by atoms with E-state index in [1.165, 1.54) is 24.3 Å². The van der Waals surface area contributed by atoms with Gasteiger partial charge < -0.3 is 22.5 Å². The molecule has 2 aromatic rings. The minimum Gasteiger partial charge on any atom is -0.504 e. The Kier molecular flexibility index (Phi) is 4.52. The first-order valence-electron chi connectivity index (χ1n) is 6.08. The standard InChI is InChI=1S/C14H15O5PS/c1-9-3-5-11(15)13(7-9)18-20(17,21)19-14-8-10(2)4-6-12(14)16/h3-8,15-16H,1-2H3,(H,17,21). The van der Waals surface area contributed by atoms with Crippen LogP contribution in [0.2, 0.25) is 0 Å². The minimum absolute atomic E-state index is 0.0352. The Morgan fingerprint density at radius 2 is 1.24 bits per heavy atom. The first-order chi connectivity index (χ1) is 9.77. The van der Waals surface area contributed by atoms with E-state index < -0.39 is 7.15 Å². The molecule has 7 heteroatoms. The van der Waals surface area contributed by atoms with Gasteiger partial charge in [-0.1, -0.05) is 12.1 Å². The number of phenolic OH excluding ortho intramolecular Hbond substituents is 2. The van der Waals surface area contributed by atoms with Crippen molar-refractivity contribution in [2.24, 2.45) is 0 Å². The molecule has 0 atom stereocenters. The van der Waals surface area contributed by atoms with Gasteiger partial charge in [0, 0.05) is 0 Å². The van der Waals surface area contributed by atoms with Gasteiger partial charge in [-0.05, 0) is 49.2 Å². The normalized spacial score (nSPS) is 11.2. The summed E-state index contributed by atoms with van der Waals surface area (Å²) in [6, 6.07) is 9.32. The summed E-state index contributed by atoms with van der Waals surface area (Å²) in [6.45, 7) is 3.61. The Morgan fingerprint density at radius 1 is 0.857 bits per heavy atom. The van der Waals surface area contributed by atoms with Gasteiger partial charge in [0.2, 0.25) is 11.5 Å². The lowest BCUT2D eigenvalue weighted by Crippen LogP contribution is -2.05. The molecule has 0 spiro atoms. The van der Waals surface area contributed by atoms with Crippen LogP contribution in [0.25, 0.3) is 0 Å². The van der Waals surface area contributed by atoms with E-state index in [1.54, 1.807) is 26.0 Å². The first kappa shape index (κ1) is 15.8. The van der Waals surface area contributed by atoms with E-state index in [1.807, 2.05) is 0 Å². The van der Waals surface area contributed by atoms with Gasteiger partial charge in [-0.15, -0.1) is 0 Å². The molecule has 2 aromatic carbocycles. The fourth-order valence-electron chi connectivity index (χ4n) is 1.66. The number of hydrogen-bond acceptors (Lipinski definition) is 6. The molecule has 5 nitrogen and oxygen atoms in total. The molecule has 0 aliphatic carbocycles. The fourth-order valence-corrected chi connectivity index (χ4v) is 2.96. The Morgan fingerprint density at radius 3 is 1.62 bits per heavy atom. The van der Waals surface area contributed by atoms with Crippen molar-refractivity contribution in [1.29, 1.82) is 0 Å². The second-order valence-electron chi connectivity index (χ2n) is 4.59. The molecule has 0 bridgehead atoms. The van der Waals surface area contributed by atoms with Crippen molar-refractivity contribution in [2.75, 3.05) is 0 Å². The van der Waals surface area contributed by atoms with Crippen molar-refractivity contribution in [3.8, 4) is 23.0 Å². The summed E-state index contributed by atoms with van der Waals surface area (Å²) in [5.74, 6) is -0.233. The molecule has 112 valence electrons. The zero-order valence-electron chi connectivity index (χ0n) is 11.5. The first-order valence-corrected chi connectivity index (χ1v) is 8.67. The molecule has 2 rings (SSSR count). The maximum atomic E-state index is 10.1. The Hall–Kier alpha value is -1.62. The van der Waals surface area contributed by atoms with Gasteiger partial charge in [-0.3, -0.25) is 9.05 Å². The summed E-state index contributed by atoms with van der Waals surface area (Å²) in [5, 5.41) is 19.4. The second kappa shape index (κ2) is 6.02. The van der Waals surface area contributed by atoms with Crippen LogP contribution in [0.1, 0.15) is 11.1 Å². The lowest BCUT2D eigenvalue weighted by molar-refractivity contribution is 0.348. The summed E-state index contributed by atoms with van der Waals surface area (Å²) in [7, 11) is -3.72. The Balaban J connectivity index is 2.22. The van der Waals surface area contributed by atoms with Crippen LogP contribution >= 0.6 is 7.15 Å². The van der Waals surface area contributed by atoms with Crippen molar-refractivity contribution in [3.05, 3.63) is 47.5 Å². The van der Waals surface area contributed by atoms with E-state index in [-0.39, 0.29) is 23.0 Å². The highest BCUT2D eigenvalue weighted by molar-refractivity contribution is 8.35. The molecule has 3 N–H and O–H groups in total. The fraction of sp³-hybridized carbons (Fsp3) is 0.143. The molecular weight excluding hydrogens is 311 g/mol. The highest BCUT2D eigenvalue weighted by atomic mass is 32.7. The smallest absolute Gasteiger partial charge is 0.379 e. The average Bonchev–Trinajstić information content (AvgIpc) is 2.37. The SMILES string of the molecule is Cc1ccc(O)c(O[P+](O)([S-])Oc2cc(C)ccc2O)c1. The molecule has 0 radical (unpaired) electrons. The number of aromatic hydroxyl groups is 2. The van der Waals surface area contributed by atoms with Gasteiger partial charge in [0.15, 0.2) is 11.5 Å². The monoisotopic (exact) mass is 326 g/mol. The number of aryl methyl sites for hydroxylation is 2. The van der Waals surface area contributed by atoms with E-state index in [2.05, 4.69) is 0 Å². The van der Waals surface area contributed by atoms with E-state index in [4.69, 9.17) is 21.3 Å². The lowest BCUT2D eigenvalue weighted by atomic mass is 10.2. The van der Waals surface area contributed by atoms with Crippen LogP contribution < -0.4 is 9.05 Å². The second-order valence-corrected chi connectivity index (χ2v) is 7.28. The van der Waals surface area contributed by atoms with Gasteiger partial charge >= 0.3 is 7.15 Å². The number of rotatable bonds is 4. The third kappa shape index (κ3) is 4.17.